The lowest BCUT2D eigenvalue weighted by Gasteiger charge is -2.17. The van der Waals surface area contributed by atoms with Crippen molar-refractivity contribution in [3.8, 4) is 5.75 Å². The van der Waals surface area contributed by atoms with Crippen LogP contribution in [0.3, 0.4) is 0 Å². The van der Waals surface area contributed by atoms with Crippen LogP contribution in [-0.2, 0) is 6.54 Å². The SMILES string of the molecule is CC[C@H](CO)Oc1cc(NCc2ccc(Cl)c(Cl)c2)c2ncn(C(C)C)c2c1. The van der Waals surface area contributed by atoms with Crippen LogP contribution in [0.15, 0.2) is 36.7 Å². The third kappa shape index (κ3) is 4.54. The molecule has 1 aromatic heterocycles. The predicted octanol–water partition coefficient (Wildman–Crippen LogP) is 5.69. The Morgan fingerprint density at radius 3 is 2.61 bits per heavy atom. The first-order chi connectivity index (χ1) is 13.4. The van der Waals surface area contributed by atoms with Crippen molar-refractivity contribution < 1.29 is 9.84 Å². The molecule has 1 heterocycles. The molecule has 5 nitrogen and oxygen atoms in total. The Morgan fingerprint density at radius 1 is 1.18 bits per heavy atom. The highest BCUT2D eigenvalue weighted by atomic mass is 35.5. The van der Waals surface area contributed by atoms with Crippen molar-refractivity contribution in [2.24, 2.45) is 0 Å². The molecule has 0 saturated heterocycles. The molecule has 0 spiro atoms. The Kier molecular flexibility index (Phi) is 6.70. The highest BCUT2D eigenvalue weighted by molar-refractivity contribution is 6.42. The van der Waals surface area contributed by atoms with E-state index in [0.29, 0.717) is 22.3 Å². The van der Waals surface area contributed by atoms with E-state index in [1.54, 1.807) is 6.07 Å². The van der Waals surface area contributed by atoms with Gasteiger partial charge in [0.1, 0.15) is 17.4 Å². The number of halogens is 2. The van der Waals surface area contributed by atoms with Crippen molar-refractivity contribution >= 4 is 39.9 Å². The van der Waals surface area contributed by atoms with Gasteiger partial charge in [0.15, 0.2) is 0 Å². The lowest BCUT2D eigenvalue weighted by Crippen LogP contribution is -2.19. The number of rotatable bonds is 8. The fraction of sp³-hybridized carbons (Fsp3) is 0.381. The average Bonchev–Trinajstić information content (AvgIpc) is 3.11. The Balaban J connectivity index is 1.95. The van der Waals surface area contributed by atoms with Gasteiger partial charge in [-0.2, -0.15) is 0 Å². The van der Waals surface area contributed by atoms with Crippen LogP contribution in [-0.4, -0.2) is 27.4 Å². The van der Waals surface area contributed by atoms with Gasteiger partial charge < -0.3 is 19.7 Å². The Bertz CT molecular complexity index is 952. The molecule has 1 atom stereocenters. The minimum Gasteiger partial charge on any atom is -0.488 e. The molecule has 7 heteroatoms. The number of aliphatic hydroxyl groups is 1. The van der Waals surface area contributed by atoms with Crippen LogP contribution in [0.1, 0.15) is 38.8 Å². The van der Waals surface area contributed by atoms with Crippen LogP contribution < -0.4 is 10.1 Å². The van der Waals surface area contributed by atoms with E-state index in [-0.39, 0.29) is 18.8 Å². The average molecular weight is 422 g/mol. The first-order valence-electron chi connectivity index (χ1n) is 9.38. The Morgan fingerprint density at radius 2 is 1.96 bits per heavy atom. The van der Waals surface area contributed by atoms with Crippen LogP contribution in [0.4, 0.5) is 5.69 Å². The summed E-state index contributed by atoms with van der Waals surface area (Å²) in [6.45, 7) is 6.76. The second-order valence-corrected chi connectivity index (χ2v) is 7.83. The maximum Gasteiger partial charge on any atom is 0.124 e. The van der Waals surface area contributed by atoms with Gasteiger partial charge in [0.2, 0.25) is 0 Å². The monoisotopic (exact) mass is 421 g/mol. The number of anilines is 1. The van der Waals surface area contributed by atoms with Gasteiger partial charge in [-0.1, -0.05) is 36.2 Å². The lowest BCUT2D eigenvalue weighted by atomic mass is 10.2. The summed E-state index contributed by atoms with van der Waals surface area (Å²) in [5.74, 6) is 0.701. The maximum atomic E-state index is 9.49. The number of nitrogens with one attached hydrogen (secondary N) is 1. The summed E-state index contributed by atoms with van der Waals surface area (Å²) in [7, 11) is 0. The van der Waals surface area contributed by atoms with Gasteiger partial charge in [-0.25, -0.2) is 4.98 Å². The zero-order valence-electron chi connectivity index (χ0n) is 16.2. The summed E-state index contributed by atoms with van der Waals surface area (Å²) in [5.41, 5.74) is 3.74. The molecule has 3 aromatic rings. The topological polar surface area (TPSA) is 59.3 Å². The number of hydrogen-bond acceptors (Lipinski definition) is 4. The maximum absolute atomic E-state index is 9.49. The molecule has 0 aliphatic rings. The van der Waals surface area contributed by atoms with Gasteiger partial charge in [0, 0.05) is 24.7 Å². The molecular formula is C21H25Cl2N3O2. The Hall–Kier alpha value is -1.95. The van der Waals surface area contributed by atoms with E-state index in [0.717, 1.165) is 28.7 Å². The van der Waals surface area contributed by atoms with E-state index in [4.69, 9.17) is 27.9 Å². The molecule has 0 bridgehead atoms. The van der Waals surface area contributed by atoms with E-state index in [1.165, 1.54) is 0 Å². The van der Waals surface area contributed by atoms with E-state index in [9.17, 15) is 5.11 Å². The van der Waals surface area contributed by atoms with Crippen molar-refractivity contribution in [3.05, 3.63) is 52.3 Å². The molecule has 2 aromatic carbocycles. The van der Waals surface area contributed by atoms with Crippen molar-refractivity contribution in [1.82, 2.24) is 9.55 Å². The predicted molar refractivity (Wildman–Crippen MR) is 116 cm³/mol. The molecular weight excluding hydrogens is 397 g/mol. The fourth-order valence-electron chi connectivity index (χ4n) is 3.01. The van der Waals surface area contributed by atoms with Crippen LogP contribution >= 0.6 is 23.2 Å². The third-order valence-corrected chi connectivity index (χ3v) is 5.38. The lowest BCUT2D eigenvalue weighted by molar-refractivity contribution is 0.113. The summed E-state index contributed by atoms with van der Waals surface area (Å²) in [4.78, 5) is 4.59. The minimum atomic E-state index is -0.240. The molecule has 0 saturated carbocycles. The molecule has 0 unspecified atom stereocenters. The molecule has 0 amide bonds. The molecule has 0 radical (unpaired) electrons. The molecule has 0 fully saturated rings. The van der Waals surface area contributed by atoms with Gasteiger partial charge in [-0.05, 0) is 38.0 Å². The number of aliphatic hydroxyl groups excluding tert-OH is 1. The second kappa shape index (κ2) is 9.03. The van der Waals surface area contributed by atoms with Gasteiger partial charge in [-0.15, -0.1) is 0 Å². The highest BCUT2D eigenvalue weighted by Gasteiger charge is 2.15. The van der Waals surface area contributed by atoms with Crippen molar-refractivity contribution in [2.75, 3.05) is 11.9 Å². The van der Waals surface area contributed by atoms with Crippen LogP contribution in [0.2, 0.25) is 10.0 Å². The van der Waals surface area contributed by atoms with Crippen LogP contribution in [0.25, 0.3) is 11.0 Å². The van der Waals surface area contributed by atoms with Gasteiger partial charge in [-0.3, -0.25) is 0 Å². The van der Waals surface area contributed by atoms with Gasteiger partial charge >= 0.3 is 0 Å². The molecule has 2 N–H and O–H groups in total. The second-order valence-electron chi connectivity index (χ2n) is 7.02. The van der Waals surface area contributed by atoms with Crippen molar-refractivity contribution in [2.45, 2.75) is 45.9 Å². The molecule has 150 valence electrons. The summed E-state index contributed by atoms with van der Waals surface area (Å²) >= 11 is 12.1. The van der Waals surface area contributed by atoms with Gasteiger partial charge in [0.25, 0.3) is 0 Å². The van der Waals surface area contributed by atoms with Crippen molar-refractivity contribution in [1.29, 1.82) is 0 Å². The Labute approximate surface area is 175 Å². The van der Waals surface area contributed by atoms with Crippen LogP contribution in [0, 0.1) is 0 Å². The minimum absolute atomic E-state index is 0.0238. The first-order valence-corrected chi connectivity index (χ1v) is 10.1. The van der Waals surface area contributed by atoms with E-state index in [2.05, 4.69) is 28.7 Å². The van der Waals surface area contributed by atoms with E-state index < -0.39 is 0 Å². The number of benzene rings is 2. The summed E-state index contributed by atoms with van der Waals surface area (Å²) in [6, 6.07) is 9.74. The number of aromatic nitrogens is 2. The summed E-state index contributed by atoms with van der Waals surface area (Å²) < 4.78 is 8.09. The highest BCUT2D eigenvalue weighted by Crippen LogP contribution is 2.31. The fourth-order valence-corrected chi connectivity index (χ4v) is 3.33. The number of nitrogens with zero attached hydrogens (tertiary/aromatic N) is 2. The summed E-state index contributed by atoms with van der Waals surface area (Å²) in [6.07, 6.45) is 2.33. The standard InChI is InChI=1S/C21H25Cl2N3O2/c1-4-15(11-27)28-16-8-19(21-20(9-16)26(12-25-21)13(2)3)24-10-14-5-6-17(22)18(23)7-14/h5-9,12-13,15,24,27H,4,10-11H2,1-3H3/t15-/m1/s1. The largest absolute Gasteiger partial charge is 0.488 e. The molecule has 28 heavy (non-hydrogen) atoms. The van der Waals surface area contributed by atoms with Gasteiger partial charge in [0.05, 0.1) is 34.2 Å². The molecule has 3 rings (SSSR count). The van der Waals surface area contributed by atoms with E-state index >= 15 is 0 Å². The van der Waals surface area contributed by atoms with E-state index in [1.807, 2.05) is 37.5 Å². The third-order valence-electron chi connectivity index (χ3n) is 4.64. The number of hydrogen-bond donors (Lipinski definition) is 2. The number of fused-ring (bicyclic) bond motifs is 1. The smallest absolute Gasteiger partial charge is 0.124 e. The summed E-state index contributed by atoms with van der Waals surface area (Å²) in [5, 5.41) is 14.0. The zero-order chi connectivity index (χ0) is 20.3. The van der Waals surface area contributed by atoms with Crippen molar-refractivity contribution in [3.63, 3.8) is 0 Å². The number of ether oxygens (including phenoxy) is 1. The zero-order valence-corrected chi connectivity index (χ0v) is 17.8. The first kappa shape index (κ1) is 20.8. The molecule has 0 aliphatic heterocycles. The molecule has 0 aliphatic carbocycles. The quantitative estimate of drug-likeness (QED) is 0.490. The number of imidazole rings is 1. The van der Waals surface area contributed by atoms with Crippen LogP contribution in [0.5, 0.6) is 5.75 Å². The normalized spacial score (nSPS) is 12.5.